The van der Waals surface area contributed by atoms with E-state index >= 15 is 0 Å². The lowest BCUT2D eigenvalue weighted by Gasteiger charge is -2.39. The summed E-state index contributed by atoms with van der Waals surface area (Å²) < 4.78 is 11.6. The van der Waals surface area contributed by atoms with E-state index < -0.39 is 8.56 Å². The molecule has 0 radical (unpaired) electrons. The molecule has 1 fully saturated rings. The van der Waals surface area contributed by atoms with Gasteiger partial charge in [-0.3, -0.25) is 4.90 Å². The maximum Gasteiger partial charge on any atom is 0.352 e. The Kier molecular flexibility index (Phi) is 5.78. The van der Waals surface area contributed by atoms with Gasteiger partial charge in [0.25, 0.3) is 0 Å². The van der Waals surface area contributed by atoms with Gasteiger partial charge in [-0.15, -0.1) is 0 Å². The summed E-state index contributed by atoms with van der Waals surface area (Å²) in [5.74, 6) is 0. The van der Waals surface area contributed by atoms with Gasteiger partial charge in [0.2, 0.25) is 0 Å². The van der Waals surface area contributed by atoms with Gasteiger partial charge in [0.05, 0.1) is 5.67 Å². The Morgan fingerprint density at radius 2 is 1.80 bits per heavy atom. The second kappa shape index (κ2) is 7.36. The van der Waals surface area contributed by atoms with Crippen LogP contribution in [0.4, 0.5) is 0 Å². The molecule has 4 heteroatoms. The third kappa shape index (κ3) is 3.70. The fraction of sp³-hybridized carbons (Fsp3) is 0.625. The number of likely N-dealkylation sites (tertiary alicyclic amines) is 1. The van der Waals surface area contributed by atoms with Gasteiger partial charge in [0.1, 0.15) is 0 Å². The van der Waals surface area contributed by atoms with E-state index in [-0.39, 0.29) is 0 Å². The molecule has 1 aromatic rings. The van der Waals surface area contributed by atoms with Gasteiger partial charge in [-0.1, -0.05) is 43.2 Å². The van der Waals surface area contributed by atoms with Crippen molar-refractivity contribution in [2.24, 2.45) is 0 Å². The van der Waals surface area contributed by atoms with Gasteiger partial charge in [-0.25, -0.2) is 0 Å². The van der Waals surface area contributed by atoms with Crippen LogP contribution in [-0.2, 0) is 15.4 Å². The molecule has 1 aromatic carbocycles. The lowest BCUT2D eigenvalue weighted by atomic mass is 10.2. The molecule has 1 aliphatic rings. The van der Waals surface area contributed by atoms with Crippen LogP contribution >= 0.6 is 0 Å². The molecular formula is C16H27NO2Si. The Balaban J connectivity index is 2.17. The van der Waals surface area contributed by atoms with Crippen molar-refractivity contribution in [2.75, 3.05) is 20.8 Å². The average Bonchev–Trinajstić information content (AvgIpc) is 2.73. The second-order valence-electron chi connectivity index (χ2n) is 5.75. The molecule has 1 heterocycles. The molecule has 0 saturated carbocycles. The van der Waals surface area contributed by atoms with Crippen LogP contribution < -0.4 is 0 Å². The Morgan fingerprint density at radius 1 is 1.10 bits per heavy atom. The zero-order valence-electron chi connectivity index (χ0n) is 13.0. The monoisotopic (exact) mass is 293 g/mol. The average molecular weight is 293 g/mol. The predicted molar refractivity (Wildman–Crippen MR) is 84.7 cm³/mol. The molecule has 20 heavy (non-hydrogen) atoms. The maximum atomic E-state index is 5.82. The first-order chi connectivity index (χ1) is 9.69. The molecule has 2 rings (SSSR count). The molecule has 0 bridgehead atoms. The van der Waals surface area contributed by atoms with Gasteiger partial charge >= 0.3 is 8.56 Å². The number of hydrogen-bond acceptors (Lipinski definition) is 3. The minimum atomic E-state index is -2.12. The quantitative estimate of drug-likeness (QED) is 0.777. The predicted octanol–water partition coefficient (Wildman–Crippen LogP) is 3.34. The molecule has 0 spiro atoms. The van der Waals surface area contributed by atoms with Gasteiger partial charge in [-0.05, 0) is 31.5 Å². The Bertz CT molecular complexity index is 395. The molecule has 1 saturated heterocycles. The van der Waals surface area contributed by atoms with Crippen LogP contribution in [0.15, 0.2) is 30.3 Å². The van der Waals surface area contributed by atoms with E-state index in [9.17, 15) is 0 Å². The van der Waals surface area contributed by atoms with Crippen LogP contribution in [0.2, 0.25) is 6.55 Å². The minimum Gasteiger partial charge on any atom is -0.397 e. The van der Waals surface area contributed by atoms with E-state index in [1.54, 1.807) is 14.2 Å². The molecule has 0 amide bonds. The molecule has 1 atom stereocenters. The van der Waals surface area contributed by atoms with Crippen LogP contribution in [0.25, 0.3) is 0 Å². The first kappa shape index (κ1) is 15.7. The molecule has 0 aliphatic carbocycles. The van der Waals surface area contributed by atoms with E-state index in [1.165, 1.54) is 31.2 Å². The fourth-order valence-electron chi connectivity index (χ4n) is 3.12. The fourth-order valence-corrected chi connectivity index (χ4v) is 5.45. The van der Waals surface area contributed by atoms with Crippen LogP contribution in [0.3, 0.4) is 0 Å². The van der Waals surface area contributed by atoms with E-state index in [0.29, 0.717) is 5.67 Å². The van der Waals surface area contributed by atoms with Crippen molar-refractivity contribution in [1.29, 1.82) is 0 Å². The molecule has 3 nitrogen and oxygen atoms in total. The largest absolute Gasteiger partial charge is 0.397 e. The topological polar surface area (TPSA) is 21.7 Å². The van der Waals surface area contributed by atoms with Crippen LogP contribution in [0.1, 0.15) is 31.2 Å². The lowest BCUT2D eigenvalue weighted by molar-refractivity contribution is 0.158. The highest BCUT2D eigenvalue weighted by atomic mass is 28.4. The van der Waals surface area contributed by atoms with E-state index in [2.05, 4.69) is 41.8 Å². The van der Waals surface area contributed by atoms with Gasteiger partial charge in [-0.2, -0.15) is 0 Å². The number of benzene rings is 1. The van der Waals surface area contributed by atoms with Gasteiger partial charge in [0, 0.05) is 20.8 Å². The number of rotatable bonds is 5. The van der Waals surface area contributed by atoms with Crippen LogP contribution in [0.5, 0.6) is 0 Å². The summed E-state index contributed by atoms with van der Waals surface area (Å²) >= 11 is 0. The first-order valence-corrected chi connectivity index (χ1v) is 9.97. The lowest BCUT2D eigenvalue weighted by Crippen LogP contribution is -2.57. The SMILES string of the molecule is CO[Si](C)(OC)C1CCCCCN1Cc1ccccc1. The smallest absolute Gasteiger partial charge is 0.352 e. The molecule has 0 aromatic heterocycles. The van der Waals surface area contributed by atoms with Crippen molar-refractivity contribution in [3.05, 3.63) is 35.9 Å². The van der Waals surface area contributed by atoms with Crippen molar-refractivity contribution in [2.45, 2.75) is 44.4 Å². The summed E-state index contributed by atoms with van der Waals surface area (Å²) in [6.45, 7) is 4.34. The summed E-state index contributed by atoms with van der Waals surface area (Å²) in [4.78, 5) is 2.58. The summed E-state index contributed by atoms with van der Waals surface area (Å²) in [5, 5.41) is 0. The highest BCUT2D eigenvalue weighted by molar-refractivity contribution is 6.67. The van der Waals surface area contributed by atoms with Crippen molar-refractivity contribution in [1.82, 2.24) is 4.90 Å². The second-order valence-corrected chi connectivity index (χ2v) is 9.26. The molecule has 112 valence electrons. The Labute approximate surface area is 124 Å². The zero-order valence-corrected chi connectivity index (χ0v) is 14.0. The standard InChI is InChI=1S/C16H27NO2Si/c1-18-20(3,19-2)16-12-8-5-9-13-17(16)14-15-10-6-4-7-11-15/h4,6-7,10-11,16H,5,8-9,12-14H2,1-3H3. The third-order valence-electron chi connectivity index (χ3n) is 4.51. The van der Waals surface area contributed by atoms with E-state index in [4.69, 9.17) is 8.85 Å². The first-order valence-electron chi connectivity index (χ1n) is 7.58. The summed E-state index contributed by atoms with van der Waals surface area (Å²) in [6, 6.07) is 10.7. The highest BCUT2D eigenvalue weighted by Crippen LogP contribution is 2.27. The van der Waals surface area contributed by atoms with Crippen LogP contribution in [-0.4, -0.2) is 39.9 Å². The van der Waals surface area contributed by atoms with Crippen molar-refractivity contribution >= 4 is 8.56 Å². The minimum absolute atomic E-state index is 0.445. The van der Waals surface area contributed by atoms with Gasteiger partial charge in [0.15, 0.2) is 0 Å². The molecular weight excluding hydrogens is 266 g/mol. The van der Waals surface area contributed by atoms with E-state index in [0.717, 1.165) is 13.1 Å². The number of hydrogen-bond donors (Lipinski definition) is 0. The summed E-state index contributed by atoms with van der Waals surface area (Å²) in [7, 11) is 1.49. The highest BCUT2D eigenvalue weighted by Gasteiger charge is 2.43. The van der Waals surface area contributed by atoms with Crippen molar-refractivity contribution < 1.29 is 8.85 Å². The van der Waals surface area contributed by atoms with E-state index in [1.807, 2.05) is 0 Å². The molecule has 0 N–H and O–H groups in total. The Morgan fingerprint density at radius 3 is 2.45 bits per heavy atom. The normalized spacial score (nSPS) is 21.6. The zero-order chi connectivity index (χ0) is 14.4. The molecule has 1 aliphatic heterocycles. The van der Waals surface area contributed by atoms with Crippen molar-refractivity contribution in [3.8, 4) is 0 Å². The third-order valence-corrected chi connectivity index (χ3v) is 7.99. The van der Waals surface area contributed by atoms with Crippen molar-refractivity contribution in [3.63, 3.8) is 0 Å². The summed E-state index contributed by atoms with van der Waals surface area (Å²) in [6.07, 6.45) is 5.07. The Hall–Kier alpha value is -0.683. The molecule has 1 unspecified atom stereocenters. The van der Waals surface area contributed by atoms with Crippen LogP contribution in [0, 0.1) is 0 Å². The number of nitrogens with zero attached hydrogens (tertiary/aromatic N) is 1. The van der Waals surface area contributed by atoms with Gasteiger partial charge < -0.3 is 8.85 Å². The maximum absolute atomic E-state index is 5.82. The summed E-state index contributed by atoms with van der Waals surface area (Å²) in [5.41, 5.74) is 1.82.